The molecule has 3 rings (SSSR count). The largest absolute Gasteiger partial charge is 0.505 e. The molecule has 0 bridgehead atoms. The molecular weight excluding hydrogens is 272 g/mol. The quantitative estimate of drug-likeness (QED) is 0.588. The molecule has 0 aliphatic heterocycles. The fourth-order valence-corrected chi connectivity index (χ4v) is 2.51. The van der Waals surface area contributed by atoms with E-state index in [9.17, 15) is 5.11 Å². The molecule has 3 heteroatoms. The van der Waals surface area contributed by atoms with Gasteiger partial charge in [0.25, 0.3) is 0 Å². The summed E-state index contributed by atoms with van der Waals surface area (Å²) in [6.07, 6.45) is 0. The highest BCUT2D eigenvalue weighted by molar-refractivity contribution is 5.94. The van der Waals surface area contributed by atoms with Gasteiger partial charge in [-0.2, -0.15) is 5.11 Å². The zero-order valence-corrected chi connectivity index (χ0v) is 13.0. The Kier molecular flexibility index (Phi) is 3.63. The second kappa shape index (κ2) is 5.60. The summed E-state index contributed by atoms with van der Waals surface area (Å²) in [7, 11) is 0. The van der Waals surface area contributed by atoms with E-state index in [0.717, 1.165) is 27.6 Å². The van der Waals surface area contributed by atoms with Gasteiger partial charge in [-0.15, -0.1) is 5.11 Å². The number of phenolic OH excluding ortho intramolecular Hbond substituents is 1. The number of hydrogen-bond acceptors (Lipinski definition) is 3. The monoisotopic (exact) mass is 290 g/mol. The lowest BCUT2D eigenvalue weighted by molar-refractivity contribution is 0.482. The summed E-state index contributed by atoms with van der Waals surface area (Å²) in [5, 5.41) is 20.9. The molecule has 0 aliphatic carbocycles. The second-order valence-electron chi connectivity index (χ2n) is 5.58. The first kappa shape index (κ1) is 14.3. The van der Waals surface area contributed by atoms with Crippen LogP contribution in [-0.4, -0.2) is 5.11 Å². The highest BCUT2D eigenvalue weighted by atomic mass is 16.3. The minimum Gasteiger partial charge on any atom is -0.505 e. The Bertz CT molecular complexity index is 868. The first-order valence-electron chi connectivity index (χ1n) is 7.26. The van der Waals surface area contributed by atoms with Gasteiger partial charge in [0.15, 0.2) is 5.75 Å². The van der Waals surface area contributed by atoms with Crippen LogP contribution < -0.4 is 0 Å². The van der Waals surface area contributed by atoms with Crippen LogP contribution in [0.4, 0.5) is 11.4 Å². The summed E-state index contributed by atoms with van der Waals surface area (Å²) >= 11 is 0. The highest BCUT2D eigenvalue weighted by Crippen LogP contribution is 2.39. The predicted molar refractivity (Wildman–Crippen MR) is 90.4 cm³/mol. The van der Waals surface area contributed by atoms with E-state index in [2.05, 4.69) is 23.2 Å². The van der Waals surface area contributed by atoms with Gasteiger partial charge in [-0.25, -0.2) is 0 Å². The zero-order valence-electron chi connectivity index (χ0n) is 13.0. The Balaban J connectivity index is 2.14. The Morgan fingerprint density at radius 1 is 0.773 bits per heavy atom. The summed E-state index contributed by atoms with van der Waals surface area (Å²) in [4.78, 5) is 0. The molecule has 0 saturated heterocycles. The van der Waals surface area contributed by atoms with Crippen LogP contribution in [-0.2, 0) is 0 Å². The third-order valence-electron chi connectivity index (χ3n) is 3.91. The topological polar surface area (TPSA) is 45.0 Å². The fraction of sp³-hybridized carbons (Fsp3) is 0.158. The minimum atomic E-state index is 0.192. The summed E-state index contributed by atoms with van der Waals surface area (Å²) < 4.78 is 0. The van der Waals surface area contributed by atoms with Crippen LogP contribution in [0, 0.1) is 20.8 Å². The van der Waals surface area contributed by atoms with Crippen molar-refractivity contribution in [2.45, 2.75) is 20.8 Å². The van der Waals surface area contributed by atoms with E-state index in [1.807, 2.05) is 56.3 Å². The third kappa shape index (κ3) is 2.58. The SMILES string of the molecule is Cc1cc2cc(C)c(N=Nc3ccccc3)c(O)c2cc1C. The number of benzene rings is 3. The molecule has 0 radical (unpaired) electrons. The number of phenols is 1. The number of nitrogens with zero attached hydrogens (tertiary/aromatic N) is 2. The summed E-state index contributed by atoms with van der Waals surface area (Å²) in [5.41, 5.74) is 4.57. The van der Waals surface area contributed by atoms with E-state index < -0.39 is 0 Å². The number of fused-ring (bicyclic) bond motifs is 1. The molecule has 0 aromatic heterocycles. The molecule has 0 spiro atoms. The summed E-state index contributed by atoms with van der Waals surface area (Å²) in [5.74, 6) is 0.192. The van der Waals surface area contributed by atoms with Crippen molar-refractivity contribution in [2.75, 3.05) is 0 Å². The normalized spacial score (nSPS) is 11.4. The van der Waals surface area contributed by atoms with Gasteiger partial charge in [0, 0.05) is 5.39 Å². The first-order valence-corrected chi connectivity index (χ1v) is 7.26. The molecular formula is C19H18N2O. The Hall–Kier alpha value is -2.68. The van der Waals surface area contributed by atoms with Crippen molar-refractivity contribution in [1.29, 1.82) is 0 Å². The van der Waals surface area contributed by atoms with Gasteiger partial charge in [0.1, 0.15) is 5.69 Å². The van der Waals surface area contributed by atoms with Gasteiger partial charge in [0.2, 0.25) is 0 Å². The van der Waals surface area contributed by atoms with Gasteiger partial charge in [-0.1, -0.05) is 24.3 Å². The smallest absolute Gasteiger partial charge is 0.151 e. The van der Waals surface area contributed by atoms with Crippen LogP contribution in [0.15, 0.2) is 58.8 Å². The fourth-order valence-electron chi connectivity index (χ4n) is 2.51. The molecule has 0 saturated carbocycles. The molecule has 22 heavy (non-hydrogen) atoms. The zero-order chi connectivity index (χ0) is 15.7. The lowest BCUT2D eigenvalue weighted by Gasteiger charge is -2.10. The van der Waals surface area contributed by atoms with Crippen molar-refractivity contribution in [3.8, 4) is 5.75 Å². The van der Waals surface area contributed by atoms with E-state index >= 15 is 0 Å². The molecule has 1 N–H and O–H groups in total. The lowest BCUT2D eigenvalue weighted by Crippen LogP contribution is -1.85. The van der Waals surface area contributed by atoms with Crippen LogP contribution in [0.3, 0.4) is 0 Å². The number of aryl methyl sites for hydroxylation is 3. The van der Waals surface area contributed by atoms with E-state index in [-0.39, 0.29) is 5.75 Å². The molecule has 0 heterocycles. The molecule has 0 aliphatic rings. The van der Waals surface area contributed by atoms with Gasteiger partial charge < -0.3 is 5.11 Å². The molecule has 0 amide bonds. The molecule has 3 aromatic rings. The van der Waals surface area contributed by atoms with Gasteiger partial charge in [-0.05, 0) is 67.1 Å². The van der Waals surface area contributed by atoms with Crippen LogP contribution in [0.1, 0.15) is 16.7 Å². The maximum absolute atomic E-state index is 10.6. The molecule has 3 nitrogen and oxygen atoms in total. The molecule has 110 valence electrons. The standard InChI is InChI=1S/C19H18N2O/c1-12-9-15-10-14(3)18(19(22)17(15)11-13(12)2)21-20-16-7-5-4-6-8-16/h4-11,22H,1-3H3. The lowest BCUT2D eigenvalue weighted by atomic mass is 9.99. The van der Waals surface area contributed by atoms with Crippen molar-refractivity contribution in [2.24, 2.45) is 10.2 Å². The minimum absolute atomic E-state index is 0.192. The predicted octanol–water partition coefficient (Wildman–Crippen LogP) is 5.89. The summed E-state index contributed by atoms with van der Waals surface area (Å²) in [6.45, 7) is 6.05. The van der Waals surface area contributed by atoms with E-state index in [1.54, 1.807) is 0 Å². The van der Waals surface area contributed by atoms with E-state index in [0.29, 0.717) is 5.69 Å². The molecule has 0 fully saturated rings. The van der Waals surface area contributed by atoms with Gasteiger partial charge in [-0.3, -0.25) is 0 Å². The number of aromatic hydroxyl groups is 1. The van der Waals surface area contributed by atoms with Crippen molar-refractivity contribution in [3.05, 3.63) is 65.2 Å². The van der Waals surface area contributed by atoms with Crippen molar-refractivity contribution < 1.29 is 5.11 Å². The van der Waals surface area contributed by atoms with Crippen molar-refractivity contribution in [1.82, 2.24) is 0 Å². The van der Waals surface area contributed by atoms with Crippen LogP contribution in [0.25, 0.3) is 10.8 Å². The molecule has 0 atom stereocenters. The van der Waals surface area contributed by atoms with Gasteiger partial charge >= 0.3 is 0 Å². The Morgan fingerprint density at radius 3 is 2.14 bits per heavy atom. The number of hydrogen-bond donors (Lipinski definition) is 1. The highest BCUT2D eigenvalue weighted by Gasteiger charge is 2.11. The number of azo groups is 1. The second-order valence-corrected chi connectivity index (χ2v) is 5.58. The van der Waals surface area contributed by atoms with Crippen LogP contribution >= 0.6 is 0 Å². The first-order chi connectivity index (χ1) is 10.6. The van der Waals surface area contributed by atoms with Crippen LogP contribution in [0.5, 0.6) is 5.75 Å². The van der Waals surface area contributed by atoms with Crippen molar-refractivity contribution in [3.63, 3.8) is 0 Å². The Morgan fingerprint density at radius 2 is 1.41 bits per heavy atom. The maximum Gasteiger partial charge on any atom is 0.151 e. The van der Waals surface area contributed by atoms with E-state index in [4.69, 9.17) is 0 Å². The average Bonchev–Trinajstić information content (AvgIpc) is 2.50. The van der Waals surface area contributed by atoms with Crippen molar-refractivity contribution >= 4 is 22.1 Å². The van der Waals surface area contributed by atoms with E-state index in [1.165, 1.54) is 5.56 Å². The average molecular weight is 290 g/mol. The summed E-state index contributed by atoms with van der Waals surface area (Å²) in [6, 6.07) is 15.6. The molecule has 0 unspecified atom stereocenters. The molecule has 3 aromatic carbocycles. The number of rotatable bonds is 2. The maximum atomic E-state index is 10.6. The third-order valence-corrected chi connectivity index (χ3v) is 3.91. The van der Waals surface area contributed by atoms with Crippen LogP contribution in [0.2, 0.25) is 0 Å². The van der Waals surface area contributed by atoms with Gasteiger partial charge in [0.05, 0.1) is 5.69 Å². The Labute approximate surface area is 130 Å².